The highest BCUT2D eigenvalue weighted by atomic mass is 16.5. The molecule has 0 radical (unpaired) electrons. The molecule has 0 aromatic heterocycles. The van der Waals surface area contributed by atoms with Crippen LogP contribution in [0.3, 0.4) is 0 Å². The van der Waals surface area contributed by atoms with Gasteiger partial charge >= 0.3 is 0 Å². The summed E-state index contributed by atoms with van der Waals surface area (Å²) in [4.78, 5) is 0. The standard InChI is InChI=1S/C7H16N.C6H14NO.C6H14N/c1-8(2)6-4-3-5-7-8;1-7(2)3-5-8-6-4-7;1-7(2)5-3-4-6-7/h3-7H2,1-2H3;3-6H2,1-2H3;3-6H2,1-2H3/q3*+1. The van der Waals surface area contributed by atoms with Crippen LogP contribution in [0.4, 0.5) is 0 Å². The second-order valence-corrected chi connectivity index (χ2v) is 9.53. The minimum absolute atomic E-state index is 0.938. The predicted molar refractivity (Wildman–Crippen MR) is 99.4 cm³/mol. The molecular weight excluding hydrogens is 286 g/mol. The summed E-state index contributed by atoms with van der Waals surface area (Å²) < 4.78 is 8.81. The van der Waals surface area contributed by atoms with Gasteiger partial charge < -0.3 is 18.2 Å². The number of quaternary nitrogens is 3. The second-order valence-electron chi connectivity index (χ2n) is 9.53. The van der Waals surface area contributed by atoms with Gasteiger partial charge in [-0.1, -0.05) is 0 Å². The van der Waals surface area contributed by atoms with Gasteiger partial charge in [-0.25, -0.2) is 0 Å². The number of ether oxygens (including phenoxy) is 1. The Bertz CT molecular complexity index is 281. The normalized spacial score (nSPS) is 27.9. The number of likely N-dealkylation sites (tertiary alicyclic amines) is 2. The topological polar surface area (TPSA) is 9.23 Å². The lowest BCUT2D eigenvalue weighted by Gasteiger charge is -2.33. The van der Waals surface area contributed by atoms with E-state index in [2.05, 4.69) is 42.3 Å². The summed E-state index contributed by atoms with van der Waals surface area (Å²) in [6.45, 7) is 9.76. The molecule has 0 saturated carbocycles. The Morgan fingerprint density at radius 3 is 0.957 bits per heavy atom. The van der Waals surface area contributed by atoms with Crippen molar-refractivity contribution >= 4 is 0 Å². The molecule has 138 valence electrons. The number of hydrogen-bond donors (Lipinski definition) is 0. The summed E-state index contributed by atoms with van der Waals surface area (Å²) >= 11 is 0. The van der Waals surface area contributed by atoms with Gasteiger partial charge in [0.2, 0.25) is 0 Å². The minimum atomic E-state index is 0.938. The van der Waals surface area contributed by atoms with E-state index in [9.17, 15) is 0 Å². The third-order valence-corrected chi connectivity index (χ3v) is 5.49. The van der Waals surface area contributed by atoms with Gasteiger partial charge in [0.15, 0.2) is 0 Å². The Balaban J connectivity index is 0.000000173. The summed E-state index contributed by atoms with van der Waals surface area (Å²) in [7, 11) is 13.7. The molecule has 0 aromatic carbocycles. The average molecular weight is 331 g/mol. The van der Waals surface area contributed by atoms with Crippen molar-refractivity contribution < 1.29 is 18.2 Å². The third kappa shape index (κ3) is 10.3. The Morgan fingerprint density at radius 2 is 0.739 bits per heavy atom. The van der Waals surface area contributed by atoms with Crippen LogP contribution in [-0.4, -0.2) is 108 Å². The van der Waals surface area contributed by atoms with Gasteiger partial charge in [0.05, 0.1) is 81.7 Å². The quantitative estimate of drug-likeness (QED) is 0.619. The van der Waals surface area contributed by atoms with Crippen LogP contribution < -0.4 is 0 Å². The van der Waals surface area contributed by atoms with Crippen LogP contribution >= 0.6 is 0 Å². The zero-order valence-corrected chi connectivity index (χ0v) is 16.9. The summed E-state index contributed by atoms with van der Waals surface area (Å²) in [6.07, 6.45) is 7.21. The molecule has 3 heterocycles. The lowest BCUT2D eigenvalue weighted by Crippen LogP contribution is -2.48. The van der Waals surface area contributed by atoms with Crippen molar-refractivity contribution in [2.45, 2.75) is 32.1 Å². The van der Waals surface area contributed by atoms with Crippen molar-refractivity contribution in [3.05, 3.63) is 0 Å². The molecule has 0 N–H and O–H groups in total. The lowest BCUT2D eigenvalue weighted by molar-refractivity contribution is -0.898. The molecule has 0 atom stereocenters. The molecule has 0 aromatic rings. The van der Waals surface area contributed by atoms with Gasteiger partial charge in [0, 0.05) is 12.8 Å². The van der Waals surface area contributed by atoms with Crippen molar-refractivity contribution in [3.8, 4) is 0 Å². The van der Waals surface area contributed by atoms with Gasteiger partial charge in [-0.2, -0.15) is 0 Å². The van der Waals surface area contributed by atoms with E-state index < -0.39 is 0 Å². The van der Waals surface area contributed by atoms with E-state index >= 15 is 0 Å². The first-order valence-corrected chi connectivity index (χ1v) is 9.66. The first-order valence-electron chi connectivity index (χ1n) is 9.66. The highest BCUT2D eigenvalue weighted by molar-refractivity contribution is 4.48. The smallest absolute Gasteiger partial charge is 0.102 e. The third-order valence-electron chi connectivity index (χ3n) is 5.49. The van der Waals surface area contributed by atoms with Crippen molar-refractivity contribution in [2.24, 2.45) is 0 Å². The maximum absolute atomic E-state index is 5.19. The molecule has 4 heteroatoms. The van der Waals surface area contributed by atoms with Crippen LogP contribution in [0, 0.1) is 0 Å². The minimum Gasteiger partial charge on any atom is -0.370 e. The number of rotatable bonds is 0. The van der Waals surface area contributed by atoms with Crippen molar-refractivity contribution in [1.29, 1.82) is 0 Å². The molecule has 0 amide bonds. The van der Waals surface area contributed by atoms with Gasteiger partial charge in [-0.15, -0.1) is 0 Å². The van der Waals surface area contributed by atoms with Gasteiger partial charge in [0.1, 0.15) is 13.1 Å². The molecule has 0 bridgehead atoms. The molecular formula is C19H44N3O+3. The van der Waals surface area contributed by atoms with Crippen LogP contribution in [0.5, 0.6) is 0 Å². The number of hydrogen-bond acceptors (Lipinski definition) is 1. The van der Waals surface area contributed by atoms with E-state index in [1.54, 1.807) is 0 Å². The lowest BCUT2D eigenvalue weighted by atomic mass is 10.1. The van der Waals surface area contributed by atoms with E-state index in [-0.39, 0.29) is 0 Å². The molecule has 0 aliphatic carbocycles. The van der Waals surface area contributed by atoms with E-state index in [0.29, 0.717) is 0 Å². The van der Waals surface area contributed by atoms with E-state index in [1.807, 2.05) is 0 Å². The molecule has 3 rings (SSSR count). The Kier molecular flexibility index (Phi) is 8.50. The van der Waals surface area contributed by atoms with Crippen molar-refractivity contribution in [2.75, 3.05) is 94.8 Å². The Labute approximate surface area is 145 Å². The van der Waals surface area contributed by atoms with E-state index in [1.165, 1.54) is 80.3 Å². The highest BCUT2D eigenvalue weighted by Gasteiger charge is 2.20. The number of likely N-dealkylation sites (N-methyl/N-ethyl adjacent to an activating group) is 1. The van der Waals surface area contributed by atoms with Crippen LogP contribution in [0.15, 0.2) is 0 Å². The first-order chi connectivity index (χ1) is 10.6. The largest absolute Gasteiger partial charge is 0.370 e. The zero-order valence-electron chi connectivity index (χ0n) is 16.9. The fraction of sp³-hybridized carbons (Fsp3) is 1.00. The van der Waals surface area contributed by atoms with Gasteiger partial charge in [-0.05, 0) is 19.3 Å². The SMILES string of the molecule is C[N+]1(C)CCCC1.C[N+]1(C)CCCCC1.C[N+]1(C)CCOCC1. The zero-order chi connectivity index (χ0) is 17.4. The summed E-state index contributed by atoms with van der Waals surface area (Å²) in [6, 6.07) is 0. The molecule has 3 fully saturated rings. The molecule has 23 heavy (non-hydrogen) atoms. The van der Waals surface area contributed by atoms with Crippen LogP contribution in [0.2, 0.25) is 0 Å². The summed E-state index contributed by atoms with van der Waals surface area (Å²) in [5.41, 5.74) is 0. The maximum atomic E-state index is 5.19. The maximum Gasteiger partial charge on any atom is 0.102 e. The van der Waals surface area contributed by atoms with Gasteiger partial charge in [-0.3, -0.25) is 0 Å². The molecule has 3 aliphatic rings. The molecule has 4 nitrogen and oxygen atoms in total. The van der Waals surface area contributed by atoms with Crippen LogP contribution in [0.25, 0.3) is 0 Å². The van der Waals surface area contributed by atoms with E-state index in [4.69, 9.17) is 4.74 Å². The molecule has 0 unspecified atom stereocenters. The van der Waals surface area contributed by atoms with Crippen molar-refractivity contribution in [3.63, 3.8) is 0 Å². The van der Waals surface area contributed by atoms with Gasteiger partial charge in [0.25, 0.3) is 0 Å². The Morgan fingerprint density at radius 1 is 0.435 bits per heavy atom. The molecule has 3 aliphatic heterocycles. The number of nitrogens with zero attached hydrogens (tertiary/aromatic N) is 3. The van der Waals surface area contributed by atoms with Crippen LogP contribution in [-0.2, 0) is 4.74 Å². The number of piperidine rings is 1. The number of morpholine rings is 1. The van der Waals surface area contributed by atoms with E-state index in [0.717, 1.165) is 17.7 Å². The Hall–Kier alpha value is -0.160. The summed E-state index contributed by atoms with van der Waals surface area (Å²) in [5.74, 6) is 0. The van der Waals surface area contributed by atoms with Crippen molar-refractivity contribution in [1.82, 2.24) is 0 Å². The molecule has 3 saturated heterocycles. The summed E-state index contributed by atoms with van der Waals surface area (Å²) in [5, 5.41) is 0. The first kappa shape index (κ1) is 20.9. The fourth-order valence-electron chi connectivity index (χ4n) is 3.40. The molecule has 0 spiro atoms. The highest BCUT2D eigenvalue weighted by Crippen LogP contribution is 2.12. The monoisotopic (exact) mass is 330 g/mol. The predicted octanol–water partition coefficient (Wildman–Crippen LogP) is 2.20. The average Bonchev–Trinajstić information content (AvgIpc) is 2.84. The second kappa shape index (κ2) is 9.36. The fourth-order valence-corrected chi connectivity index (χ4v) is 3.40. The van der Waals surface area contributed by atoms with Crippen LogP contribution in [0.1, 0.15) is 32.1 Å².